The molecule has 0 spiro atoms. The van der Waals surface area contributed by atoms with Crippen LogP contribution in [0, 0.1) is 19.3 Å². The largest absolute Gasteiger partial charge is 0.385 e. The van der Waals surface area contributed by atoms with Crippen LogP contribution in [0.5, 0.6) is 0 Å². The van der Waals surface area contributed by atoms with Crippen LogP contribution < -0.4 is 0 Å². The van der Waals surface area contributed by atoms with Gasteiger partial charge < -0.3 is 5.11 Å². The topological polar surface area (TPSA) is 20.2 Å². The van der Waals surface area contributed by atoms with Crippen molar-refractivity contribution in [2.24, 2.45) is 5.41 Å². The third kappa shape index (κ3) is 2.23. The Hall–Kier alpha value is -0.820. The monoisotopic (exact) mass is 206 g/mol. The fourth-order valence-corrected chi connectivity index (χ4v) is 1.76. The Morgan fingerprint density at radius 3 is 1.93 bits per heavy atom. The molecular formula is C14H22O. The molecular weight excluding hydrogens is 184 g/mol. The van der Waals surface area contributed by atoms with Crippen LogP contribution in [0.3, 0.4) is 0 Å². The summed E-state index contributed by atoms with van der Waals surface area (Å²) in [6.45, 7) is 12.2. The minimum atomic E-state index is -0.787. The van der Waals surface area contributed by atoms with Crippen LogP contribution in [0.4, 0.5) is 0 Å². The van der Waals surface area contributed by atoms with E-state index in [-0.39, 0.29) is 5.41 Å². The van der Waals surface area contributed by atoms with Crippen LogP contribution in [-0.4, -0.2) is 5.11 Å². The van der Waals surface area contributed by atoms with Gasteiger partial charge in [0.25, 0.3) is 0 Å². The number of aryl methyl sites for hydroxylation is 2. The van der Waals surface area contributed by atoms with Crippen LogP contribution in [-0.2, 0) is 5.60 Å². The lowest BCUT2D eigenvalue weighted by Crippen LogP contribution is -2.37. The highest BCUT2D eigenvalue weighted by Crippen LogP contribution is 2.40. The lowest BCUT2D eigenvalue weighted by molar-refractivity contribution is -0.0475. The predicted molar refractivity (Wildman–Crippen MR) is 64.9 cm³/mol. The quantitative estimate of drug-likeness (QED) is 0.745. The summed E-state index contributed by atoms with van der Waals surface area (Å²) in [6.07, 6.45) is 0. The summed E-state index contributed by atoms with van der Waals surface area (Å²) in [5.41, 5.74) is 2.48. The zero-order valence-electron chi connectivity index (χ0n) is 10.7. The summed E-state index contributed by atoms with van der Waals surface area (Å²) in [5, 5.41) is 10.6. The molecule has 0 aromatic heterocycles. The Bertz CT molecular complexity index is 356. The molecule has 0 aliphatic heterocycles. The molecule has 1 nitrogen and oxygen atoms in total. The van der Waals surface area contributed by atoms with Crippen LogP contribution in [0.1, 0.15) is 44.4 Å². The maximum atomic E-state index is 10.6. The Balaban J connectivity index is 3.28. The lowest BCUT2D eigenvalue weighted by Gasteiger charge is -2.38. The van der Waals surface area contributed by atoms with Crippen molar-refractivity contribution in [1.29, 1.82) is 0 Å². The van der Waals surface area contributed by atoms with Gasteiger partial charge in [0.2, 0.25) is 0 Å². The normalized spacial score (nSPS) is 16.2. The molecule has 0 aliphatic carbocycles. The van der Waals surface area contributed by atoms with Crippen LogP contribution >= 0.6 is 0 Å². The molecule has 0 radical (unpaired) electrons. The molecule has 1 heteroatoms. The highest BCUT2D eigenvalue weighted by atomic mass is 16.3. The first-order valence-corrected chi connectivity index (χ1v) is 5.46. The van der Waals surface area contributed by atoms with Crippen LogP contribution in [0.25, 0.3) is 0 Å². The first kappa shape index (κ1) is 12.3. The fourth-order valence-electron chi connectivity index (χ4n) is 1.76. The molecule has 1 rings (SSSR count). The second-order valence-electron chi connectivity index (χ2n) is 5.64. The first-order valence-electron chi connectivity index (χ1n) is 5.46. The Morgan fingerprint density at radius 1 is 1.00 bits per heavy atom. The maximum absolute atomic E-state index is 10.6. The van der Waals surface area contributed by atoms with Gasteiger partial charge in [-0.3, -0.25) is 0 Å². The van der Waals surface area contributed by atoms with Gasteiger partial charge in [0, 0.05) is 0 Å². The van der Waals surface area contributed by atoms with E-state index in [1.807, 2.05) is 13.0 Å². The molecule has 0 bridgehead atoms. The van der Waals surface area contributed by atoms with Gasteiger partial charge in [0.1, 0.15) is 0 Å². The number of hydrogen-bond acceptors (Lipinski definition) is 1. The summed E-state index contributed by atoms with van der Waals surface area (Å²) in [5.74, 6) is 0. The van der Waals surface area contributed by atoms with E-state index in [4.69, 9.17) is 0 Å². The molecule has 0 amide bonds. The van der Waals surface area contributed by atoms with Crippen LogP contribution in [0.2, 0.25) is 0 Å². The van der Waals surface area contributed by atoms with Crippen molar-refractivity contribution in [3.63, 3.8) is 0 Å². The van der Waals surface area contributed by atoms with E-state index in [1.165, 1.54) is 5.56 Å². The van der Waals surface area contributed by atoms with E-state index in [1.54, 1.807) is 0 Å². The summed E-state index contributed by atoms with van der Waals surface area (Å²) in [4.78, 5) is 0. The van der Waals surface area contributed by atoms with Gasteiger partial charge in [0.05, 0.1) is 5.60 Å². The third-order valence-corrected chi connectivity index (χ3v) is 3.37. The van der Waals surface area contributed by atoms with Crippen molar-refractivity contribution in [2.75, 3.05) is 0 Å². The molecule has 0 aliphatic rings. The molecule has 1 atom stereocenters. The number of benzene rings is 1. The first-order chi connectivity index (χ1) is 6.66. The molecule has 84 valence electrons. The average molecular weight is 206 g/mol. The summed E-state index contributed by atoms with van der Waals surface area (Å²) >= 11 is 0. The number of hydrogen-bond donors (Lipinski definition) is 1. The van der Waals surface area contributed by atoms with E-state index in [0.29, 0.717) is 0 Å². The smallest absolute Gasteiger partial charge is 0.0919 e. The van der Waals surface area contributed by atoms with Crippen molar-refractivity contribution < 1.29 is 5.11 Å². The van der Waals surface area contributed by atoms with E-state index in [0.717, 1.165) is 11.1 Å². The second kappa shape index (κ2) is 3.64. The summed E-state index contributed by atoms with van der Waals surface area (Å²) in [6, 6.07) is 6.22. The third-order valence-electron chi connectivity index (χ3n) is 3.37. The molecule has 0 fully saturated rings. The average Bonchev–Trinajstić information content (AvgIpc) is 2.00. The van der Waals surface area contributed by atoms with E-state index in [9.17, 15) is 5.11 Å². The van der Waals surface area contributed by atoms with E-state index >= 15 is 0 Å². The minimum Gasteiger partial charge on any atom is -0.385 e. The Labute approximate surface area is 93.1 Å². The Kier molecular flexibility index (Phi) is 2.97. The Morgan fingerprint density at radius 2 is 1.53 bits per heavy atom. The van der Waals surface area contributed by atoms with Gasteiger partial charge >= 0.3 is 0 Å². The zero-order valence-corrected chi connectivity index (χ0v) is 10.7. The molecule has 0 saturated heterocycles. The zero-order chi connectivity index (χ0) is 11.9. The molecule has 1 aromatic carbocycles. The highest BCUT2D eigenvalue weighted by molar-refractivity contribution is 5.35. The number of rotatable bonds is 1. The second-order valence-corrected chi connectivity index (χ2v) is 5.64. The maximum Gasteiger partial charge on any atom is 0.0919 e. The van der Waals surface area contributed by atoms with Crippen molar-refractivity contribution in [2.45, 2.75) is 47.1 Å². The summed E-state index contributed by atoms with van der Waals surface area (Å²) in [7, 11) is 0. The van der Waals surface area contributed by atoms with Gasteiger partial charge in [-0.15, -0.1) is 0 Å². The SMILES string of the molecule is Cc1ccc(C(C)(O)C(C)(C)C)c(C)c1. The van der Waals surface area contributed by atoms with Crippen LogP contribution in [0.15, 0.2) is 18.2 Å². The van der Waals surface area contributed by atoms with Gasteiger partial charge in [0.15, 0.2) is 0 Å². The van der Waals surface area contributed by atoms with Gasteiger partial charge in [-0.1, -0.05) is 44.5 Å². The molecule has 0 saturated carbocycles. The van der Waals surface area contributed by atoms with Gasteiger partial charge in [-0.2, -0.15) is 0 Å². The van der Waals surface area contributed by atoms with Crippen molar-refractivity contribution in [1.82, 2.24) is 0 Å². The van der Waals surface area contributed by atoms with Crippen molar-refractivity contribution >= 4 is 0 Å². The number of aliphatic hydroxyl groups is 1. The minimum absolute atomic E-state index is 0.160. The van der Waals surface area contributed by atoms with Crippen molar-refractivity contribution in [3.8, 4) is 0 Å². The molecule has 1 N–H and O–H groups in total. The molecule has 1 unspecified atom stereocenters. The molecule has 15 heavy (non-hydrogen) atoms. The molecule has 1 aromatic rings. The highest BCUT2D eigenvalue weighted by Gasteiger charge is 2.37. The predicted octanol–water partition coefficient (Wildman–Crippen LogP) is 3.56. The standard InChI is InChI=1S/C14H22O/c1-10-7-8-12(11(2)9-10)14(6,15)13(3,4)5/h7-9,15H,1-6H3. The van der Waals surface area contributed by atoms with Crippen molar-refractivity contribution in [3.05, 3.63) is 34.9 Å². The van der Waals surface area contributed by atoms with Gasteiger partial charge in [-0.25, -0.2) is 0 Å². The fraction of sp³-hybridized carbons (Fsp3) is 0.571. The summed E-state index contributed by atoms with van der Waals surface area (Å²) < 4.78 is 0. The van der Waals surface area contributed by atoms with E-state index in [2.05, 4.69) is 46.8 Å². The lowest BCUT2D eigenvalue weighted by atomic mass is 9.72. The molecule has 0 heterocycles. The van der Waals surface area contributed by atoms with Gasteiger partial charge in [-0.05, 0) is 37.3 Å². The van der Waals surface area contributed by atoms with E-state index < -0.39 is 5.60 Å².